The summed E-state index contributed by atoms with van der Waals surface area (Å²) in [6.07, 6.45) is 0. The molecule has 0 saturated heterocycles. The van der Waals surface area contributed by atoms with E-state index < -0.39 is 11.7 Å². The number of nitrogens with zero attached hydrogens (tertiary/aromatic N) is 1. The van der Waals surface area contributed by atoms with Gasteiger partial charge in [0.1, 0.15) is 10.7 Å². The molecule has 9 heteroatoms. The number of carbonyl (C=O) groups excluding carboxylic acids is 1. The second kappa shape index (κ2) is 6.46. The van der Waals surface area contributed by atoms with Gasteiger partial charge in [-0.25, -0.2) is 9.37 Å². The Balaban J connectivity index is 2.22. The van der Waals surface area contributed by atoms with Crippen molar-refractivity contribution in [1.29, 1.82) is 0 Å². The van der Waals surface area contributed by atoms with Crippen LogP contribution in [0.4, 0.5) is 21.0 Å². The number of anilines is 3. The SMILES string of the molecule is CCNc1nc(N)c(C(=O)Nc2cc(Cl)c(F)c(Cl)c2)s1. The third-order valence-electron chi connectivity index (χ3n) is 2.43. The maximum absolute atomic E-state index is 13.3. The molecule has 2 rings (SSSR count). The van der Waals surface area contributed by atoms with Crippen molar-refractivity contribution in [3.05, 3.63) is 32.9 Å². The van der Waals surface area contributed by atoms with Gasteiger partial charge in [-0.2, -0.15) is 0 Å². The van der Waals surface area contributed by atoms with E-state index in [4.69, 9.17) is 28.9 Å². The van der Waals surface area contributed by atoms with Gasteiger partial charge >= 0.3 is 0 Å². The number of amides is 1. The van der Waals surface area contributed by atoms with E-state index in [1.807, 2.05) is 6.92 Å². The molecule has 0 aliphatic rings. The summed E-state index contributed by atoms with van der Waals surface area (Å²) in [6, 6.07) is 2.53. The van der Waals surface area contributed by atoms with Crippen molar-refractivity contribution in [2.75, 3.05) is 22.9 Å². The summed E-state index contributed by atoms with van der Waals surface area (Å²) >= 11 is 12.5. The van der Waals surface area contributed by atoms with Gasteiger partial charge in [-0.1, -0.05) is 34.5 Å². The molecule has 0 radical (unpaired) electrons. The molecular weight excluding hydrogens is 338 g/mol. The minimum Gasteiger partial charge on any atom is -0.382 e. The van der Waals surface area contributed by atoms with Crippen molar-refractivity contribution in [2.45, 2.75) is 6.92 Å². The summed E-state index contributed by atoms with van der Waals surface area (Å²) in [7, 11) is 0. The smallest absolute Gasteiger partial charge is 0.269 e. The Morgan fingerprint density at radius 2 is 2.05 bits per heavy atom. The molecule has 0 bridgehead atoms. The highest BCUT2D eigenvalue weighted by Crippen LogP contribution is 2.29. The highest BCUT2D eigenvalue weighted by Gasteiger charge is 2.17. The standard InChI is InChI=1S/C12H11Cl2FN4OS/c1-2-17-12-19-10(16)9(21-12)11(20)18-5-3-6(13)8(15)7(14)4-5/h3-4H,2,16H2,1H3,(H,17,19)(H,18,20). The Bertz CT molecular complexity index is 669. The van der Waals surface area contributed by atoms with Crippen molar-refractivity contribution >= 4 is 57.1 Å². The molecule has 1 heterocycles. The van der Waals surface area contributed by atoms with Gasteiger partial charge < -0.3 is 16.4 Å². The van der Waals surface area contributed by atoms with Crippen LogP contribution in [0.1, 0.15) is 16.6 Å². The number of carbonyl (C=O) groups is 1. The average molecular weight is 349 g/mol. The molecule has 1 aromatic carbocycles. The molecule has 5 nitrogen and oxygen atoms in total. The molecule has 1 amide bonds. The molecule has 0 saturated carbocycles. The Kier molecular flexibility index (Phi) is 4.87. The lowest BCUT2D eigenvalue weighted by atomic mass is 10.3. The van der Waals surface area contributed by atoms with Crippen LogP contribution in [-0.2, 0) is 0 Å². The monoisotopic (exact) mass is 348 g/mol. The summed E-state index contributed by atoms with van der Waals surface area (Å²) in [4.78, 5) is 16.4. The molecule has 1 aromatic heterocycles. The van der Waals surface area contributed by atoms with Gasteiger partial charge in [0.05, 0.1) is 10.0 Å². The first-order chi connectivity index (χ1) is 9.92. The van der Waals surface area contributed by atoms with Crippen molar-refractivity contribution < 1.29 is 9.18 Å². The predicted molar refractivity (Wildman–Crippen MR) is 85.1 cm³/mol. The highest BCUT2D eigenvalue weighted by atomic mass is 35.5. The maximum Gasteiger partial charge on any atom is 0.269 e. The first kappa shape index (κ1) is 15.8. The summed E-state index contributed by atoms with van der Waals surface area (Å²) < 4.78 is 13.3. The minimum atomic E-state index is -0.733. The second-order valence-electron chi connectivity index (χ2n) is 3.97. The molecule has 0 aliphatic carbocycles. The number of hydrogen-bond acceptors (Lipinski definition) is 5. The zero-order chi connectivity index (χ0) is 15.6. The van der Waals surface area contributed by atoms with Gasteiger partial charge in [-0.05, 0) is 19.1 Å². The fourth-order valence-corrected chi connectivity index (χ4v) is 2.87. The van der Waals surface area contributed by atoms with Crippen LogP contribution in [0.3, 0.4) is 0 Å². The van der Waals surface area contributed by atoms with E-state index in [2.05, 4.69) is 15.6 Å². The van der Waals surface area contributed by atoms with Crippen LogP contribution >= 0.6 is 34.5 Å². The number of rotatable bonds is 4. The third-order valence-corrected chi connectivity index (χ3v) is 4.01. The Morgan fingerprint density at radius 1 is 1.43 bits per heavy atom. The number of halogens is 3. The molecule has 4 N–H and O–H groups in total. The van der Waals surface area contributed by atoms with Crippen molar-refractivity contribution in [2.24, 2.45) is 0 Å². The number of nitrogen functional groups attached to an aromatic ring is 1. The van der Waals surface area contributed by atoms with E-state index >= 15 is 0 Å². The summed E-state index contributed by atoms with van der Waals surface area (Å²) in [5.41, 5.74) is 5.97. The Morgan fingerprint density at radius 3 is 2.62 bits per heavy atom. The molecule has 21 heavy (non-hydrogen) atoms. The normalized spacial score (nSPS) is 10.5. The first-order valence-electron chi connectivity index (χ1n) is 5.88. The number of aromatic nitrogens is 1. The number of benzene rings is 1. The Labute approximate surface area is 134 Å². The molecule has 0 fully saturated rings. The lowest BCUT2D eigenvalue weighted by molar-refractivity contribution is 0.103. The van der Waals surface area contributed by atoms with E-state index in [0.29, 0.717) is 11.7 Å². The molecule has 2 aromatic rings. The third kappa shape index (κ3) is 3.55. The quantitative estimate of drug-likeness (QED) is 0.733. The maximum atomic E-state index is 13.3. The largest absolute Gasteiger partial charge is 0.382 e. The van der Waals surface area contributed by atoms with E-state index in [0.717, 1.165) is 11.3 Å². The van der Waals surface area contributed by atoms with Gasteiger partial charge in [-0.15, -0.1) is 0 Å². The van der Waals surface area contributed by atoms with E-state index in [-0.39, 0.29) is 26.4 Å². The second-order valence-corrected chi connectivity index (χ2v) is 5.79. The van der Waals surface area contributed by atoms with E-state index in [1.165, 1.54) is 12.1 Å². The highest BCUT2D eigenvalue weighted by molar-refractivity contribution is 7.18. The lowest BCUT2D eigenvalue weighted by Gasteiger charge is -2.06. The summed E-state index contributed by atoms with van der Waals surface area (Å²) in [6.45, 7) is 2.57. The van der Waals surface area contributed by atoms with Crippen molar-refractivity contribution in [1.82, 2.24) is 4.98 Å². The van der Waals surface area contributed by atoms with Gasteiger partial charge in [0, 0.05) is 12.2 Å². The Hall–Kier alpha value is -1.57. The van der Waals surface area contributed by atoms with Gasteiger partial charge in [0.25, 0.3) is 5.91 Å². The number of thiazole rings is 1. The molecule has 0 aliphatic heterocycles. The molecule has 0 unspecified atom stereocenters. The number of nitrogens with one attached hydrogen (secondary N) is 2. The number of nitrogens with two attached hydrogens (primary N) is 1. The van der Waals surface area contributed by atoms with Crippen LogP contribution in [-0.4, -0.2) is 17.4 Å². The lowest BCUT2D eigenvalue weighted by Crippen LogP contribution is -2.12. The average Bonchev–Trinajstić information content (AvgIpc) is 2.77. The molecule has 112 valence electrons. The van der Waals surface area contributed by atoms with Crippen molar-refractivity contribution in [3.63, 3.8) is 0 Å². The van der Waals surface area contributed by atoms with Crippen LogP contribution in [0.25, 0.3) is 0 Å². The molecule has 0 spiro atoms. The number of hydrogen-bond donors (Lipinski definition) is 3. The van der Waals surface area contributed by atoms with E-state index in [1.54, 1.807) is 0 Å². The van der Waals surface area contributed by atoms with Gasteiger partial charge in [0.15, 0.2) is 10.9 Å². The van der Waals surface area contributed by atoms with Crippen LogP contribution in [0.15, 0.2) is 12.1 Å². The van der Waals surface area contributed by atoms with Crippen LogP contribution in [0.2, 0.25) is 10.0 Å². The van der Waals surface area contributed by atoms with Crippen LogP contribution < -0.4 is 16.4 Å². The topological polar surface area (TPSA) is 80.0 Å². The van der Waals surface area contributed by atoms with Gasteiger partial charge in [0.2, 0.25) is 0 Å². The zero-order valence-electron chi connectivity index (χ0n) is 10.8. The fourth-order valence-electron chi connectivity index (χ4n) is 1.54. The van der Waals surface area contributed by atoms with Gasteiger partial charge in [-0.3, -0.25) is 4.79 Å². The van der Waals surface area contributed by atoms with Crippen LogP contribution in [0, 0.1) is 5.82 Å². The molecular formula is C12H11Cl2FN4OS. The zero-order valence-corrected chi connectivity index (χ0v) is 13.2. The van der Waals surface area contributed by atoms with Crippen molar-refractivity contribution in [3.8, 4) is 0 Å². The van der Waals surface area contributed by atoms with Crippen LogP contribution in [0.5, 0.6) is 0 Å². The summed E-state index contributed by atoms with van der Waals surface area (Å²) in [5.74, 6) is -1.08. The fraction of sp³-hybridized carbons (Fsp3) is 0.167. The minimum absolute atomic E-state index is 0.118. The first-order valence-corrected chi connectivity index (χ1v) is 7.45. The predicted octanol–water partition coefficient (Wildman–Crippen LogP) is 3.86. The summed E-state index contributed by atoms with van der Waals surface area (Å²) in [5, 5.41) is 5.72. The van der Waals surface area contributed by atoms with E-state index in [9.17, 15) is 9.18 Å². The molecule has 0 atom stereocenters.